The highest BCUT2D eigenvalue weighted by Gasteiger charge is 2.35. The fourth-order valence-electron chi connectivity index (χ4n) is 3.18. The lowest BCUT2D eigenvalue weighted by atomic mass is 9.73. The Bertz CT molecular complexity index is 185. The zero-order valence-corrected chi connectivity index (χ0v) is 10.4. The smallest absolute Gasteiger partial charge is 0.000877 e. The third-order valence-corrected chi connectivity index (χ3v) is 4.10. The Morgan fingerprint density at radius 2 is 1.93 bits per heavy atom. The van der Waals surface area contributed by atoms with Gasteiger partial charge in [0, 0.05) is 13.1 Å². The minimum atomic E-state index is 0.672. The SMILES string of the molecule is CC(C)CN1CCC2(CCCNC2)CC1. The lowest BCUT2D eigenvalue weighted by Gasteiger charge is -2.44. The summed E-state index contributed by atoms with van der Waals surface area (Å²) in [7, 11) is 0. The first-order valence-corrected chi connectivity index (χ1v) is 6.63. The van der Waals surface area contributed by atoms with Crippen LogP contribution in [0.4, 0.5) is 0 Å². The van der Waals surface area contributed by atoms with Gasteiger partial charge in [0.2, 0.25) is 0 Å². The number of nitrogens with one attached hydrogen (secondary N) is 1. The Balaban J connectivity index is 1.80. The predicted octanol–water partition coefficient (Wildman–Crippen LogP) is 2.11. The van der Waals surface area contributed by atoms with Gasteiger partial charge in [-0.2, -0.15) is 0 Å². The molecule has 2 rings (SSSR count). The summed E-state index contributed by atoms with van der Waals surface area (Å²) in [5.41, 5.74) is 0.672. The summed E-state index contributed by atoms with van der Waals surface area (Å²) in [5, 5.41) is 3.58. The van der Waals surface area contributed by atoms with E-state index in [-0.39, 0.29) is 0 Å². The second kappa shape index (κ2) is 4.84. The molecule has 2 fully saturated rings. The van der Waals surface area contributed by atoms with Gasteiger partial charge >= 0.3 is 0 Å². The zero-order valence-electron chi connectivity index (χ0n) is 10.4. The third kappa shape index (κ3) is 2.94. The summed E-state index contributed by atoms with van der Waals surface area (Å²) >= 11 is 0. The van der Waals surface area contributed by atoms with Crippen LogP contribution in [0.1, 0.15) is 39.5 Å². The molecule has 0 aromatic carbocycles. The van der Waals surface area contributed by atoms with Gasteiger partial charge in [-0.05, 0) is 56.7 Å². The predicted molar refractivity (Wildman–Crippen MR) is 65.0 cm³/mol. The van der Waals surface area contributed by atoms with Crippen LogP contribution in [-0.4, -0.2) is 37.6 Å². The highest BCUT2D eigenvalue weighted by Crippen LogP contribution is 2.37. The molecular formula is C13H26N2. The molecule has 0 amide bonds. The van der Waals surface area contributed by atoms with Crippen molar-refractivity contribution in [2.24, 2.45) is 11.3 Å². The molecule has 0 saturated carbocycles. The maximum absolute atomic E-state index is 3.58. The highest BCUT2D eigenvalue weighted by atomic mass is 15.1. The van der Waals surface area contributed by atoms with Crippen molar-refractivity contribution in [3.05, 3.63) is 0 Å². The Morgan fingerprint density at radius 3 is 2.47 bits per heavy atom. The summed E-state index contributed by atoms with van der Waals surface area (Å²) < 4.78 is 0. The maximum Gasteiger partial charge on any atom is 0.000877 e. The minimum Gasteiger partial charge on any atom is -0.316 e. The summed E-state index contributed by atoms with van der Waals surface area (Å²) in [5.74, 6) is 0.823. The molecule has 15 heavy (non-hydrogen) atoms. The molecule has 2 aliphatic heterocycles. The van der Waals surface area contributed by atoms with Gasteiger partial charge < -0.3 is 10.2 Å². The normalized spacial score (nSPS) is 27.4. The molecule has 0 radical (unpaired) electrons. The van der Waals surface area contributed by atoms with E-state index in [2.05, 4.69) is 24.1 Å². The maximum atomic E-state index is 3.58. The first-order valence-electron chi connectivity index (χ1n) is 6.63. The number of hydrogen-bond donors (Lipinski definition) is 1. The molecule has 0 aromatic rings. The van der Waals surface area contributed by atoms with Gasteiger partial charge in [0.1, 0.15) is 0 Å². The van der Waals surface area contributed by atoms with E-state index in [0.717, 1.165) is 5.92 Å². The monoisotopic (exact) mass is 210 g/mol. The Morgan fingerprint density at radius 1 is 1.20 bits per heavy atom. The van der Waals surface area contributed by atoms with Crippen molar-refractivity contribution in [1.29, 1.82) is 0 Å². The topological polar surface area (TPSA) is 15.3 Å². The quantitative estimate of drug-likeness (QED) is 0.751. The lowest BCUT2D eigenvalue weighted by Crippen LogP contribution is -2.48. The van der Waals surface area contributed by atoms with Crippen molar-refractivity contribution in [3.63, 3.8) is 0 Å². The summed E-state index contributed by atoms with van der Waals surface area (Å²) in [6.45, 7) is 11.1. The molecular weight excluding hydrogens is 184 g/mol. The standard InChI is InChI=1S/C13H26N2/c1-12(2)10-15-8-5-13(6-9-15)4-3-7-14-11-13/h12,14H,3-11H2,1-2H3. The van der Waals surface area contributed by atoms with Crippen molar-refractivity contribution >= 4 is 0 Å². The Kier molecular flexibility index (Phi) is 3.68. The molecule has 88 valence electrons. The average Bonchev–Trinajstić information content (AvgIpc) is 2.23. The first-order chi connectivity index (χ1) is 7.20. The van der Waals surface area contributed by atoms with Crippen molar-refractivity contribution < 1.29 is 0 Å². The van der Waals surface area contributed by atoms with Crippen LogP contribution in [0.5, 0.6) is 0 Å². The van der Waals surface area contributed by atoms with Gasteiger partial charge in [-0.1, -0.05) is 13.8 Å². The van der Waals surface area contributed by atoms with E-state index in [1.807, 2.05) is 0 Å². The third-order valence-electron chi connectivity index (χ3n) is 4.10. The molecule has 0 unspecified atom stereocenters. The molecule has 0 bridgehead atoms. The van der Waals surface area contributed by atoms with E-state index in [9.17, 15) is 0 Å². The zero-order chi connectivity index (χ0) is 10.7. The van der Waals surface area contributed by atoms with Gasteiger partial charge in [-0.15, -0.1) is 0 Å². The molecule has 2 saturated heterocycles. The van der Waals surface area contributed by atoms with Crippen LogP contribution < -0.4 is 5.32 Å². The molecule has 2 heteroatoms. The van der Waals surface area contributed by atoms with E-state index >= 15 is 0 Å². The largest absolute Gasteiger partial charge is 0.316 e. The fourth-order valence-corrected chi connectivity index (χ4v) is 3.18. The minimum absolute atomic E-state index is 0.672. The number of rotatable bonds is 2. The molecule has 1 spiro atoms. The highest BCUT2D eigenvalue weighted by molar-refractivity contribution is 4.90. The van der Waals surface area contributed by atoms with E-state index in [0.29, 0.717) is 5.41 Å². The van der Waals surface area contributed by atoms with Gasteiger partial charge in [-0.3, -0.25) is 0 Å². The van der Waals surface area contributed by atoms with Crippen molar-refractivity contribution in [3.8, 4) is 0 Å². The number of nitrogens with zero attached hydrogens (tertiary/aromatic N) is 1. The van der Waals surface area contributed by atoms with Crippen molar-refractivity contribution in [1.82, 2.24) is 10.2 Å². The Hall–Kier alpha value is -0.0800. The Labute approximate surface area is 94.4 Å². The fraction of sp³-hybridized carbons (Fsp3) is 1.00. The van der Waals surface area contributed by atoms with Crippen LogP contribution >= 0.6 is 0 Å². The van der Waals surface area contributed by atoms with Gasteiger partial charge in [0.05, 0.1) is 0 Å². The summed E-state index contributed by atoms with van der Waals surface area (Å²) in [4.78, 5) is 2.66. The molecule has 2 aliphatic rings. The summed E-state index contributed by atoms with van der Waals surface area (Å²) in [6.07, 6.45) is 5.71. The second-order valence-corrected chi connectivity index (χ2v) is 5.97. The number of likely N-dealkylation sites (tertiary alicyclic amines) is 1. The van der Waals surface area contributed by atoms with Gasteiger partial charge in [0.25, 0.3) is 0 Å². The number of hydrogen-bond acceptors (Lipinski definition) is 2. The molecule has 2 heterocycles. The summed E-state index contributed by atoms with van der Waals surface area (Å²) in [6, 6.07) is 0. The second-order valence-electron chi connectivity index (χ2n) is 5.97. The molecule has 1 N–H and O–H groups in total. The van der Waals surface area contributed by atoms with Crippen molar-refractivity contribution in [2.45, 2.75) is 39.5 Å². The van der Waals surface area contributed by atoms with Crippen LogP contribution in [0, 0.1) is 11.3 Å². The van der Waals surface area contributed by atoms with Crippen LogP contribution in [0.3, 0.4) is 0 Å². The van der Waals surface area contributed by atoms with Crippen LogP contribution in [-0.2, 0) is 0 Å². The van der Waals surface area contributed by atoms with Crippen molar-refractivity contribution in [2.75, 3.05) is 32.7 Å². The molecule has 0 aromatic heterocycles. The molecule has 0 aliphatic carbocycles. The average molecular weight is 210 g/mol. The van der Waals surface area contributed by atoms with Crippen LogP contribution in [0.15, 0.2) is 0 Å². The van der Waals surface area contributed by atoms with Crippen LogP contribution in [0.25, 0.3) is 0 Å². The van der Waals surface area contributed by atoms with E-state index < -0.39 is 0 Å². The van der Waals surface area contributed by atoms with E-state index in [4.69, 9.17) is 0 Å². The molecule has 0 atom stereocenters. The molecule has 2 nitrogen and oxygen atoms in total. The first kappa shape index (κ1) is 11.4. The van der Waals surface area contributed by atoms with Crippen LogP contribution in [0.2, 0.25) is 0 Å². The van der Waals surface area contributed by atoms with E-state index in [1.54, 1.807) is 0 Å². The van der Waals surface area contributed by atoms with Gasteiger partial charge in [-0.25, -0.2) is 0 Å². The lowest BCUT2D eigenvalue weighted by molar-refractivity contribution is 0.0727. The van der Waals surface area contributed by atoms with Gasteiger partial charge in [0.15, 0.2) is 0 Å². The number of piperidine rings is 2. The van der Waals surface area contributed by atoms with E-state index in [1.165, 1.54) is 58.4 Å².